The standard InChI is InChI=1S/C5H5N3O2/c1-4-6-2-5(3-7-4)8(9)10/h2-3H,1H3. The molecule has 0 unspecified atom stereocenters. The lowest BCUT2D eigenvalue weighted by molar-refractivity contribution is -0.385. The minimum Gasteiger partial charge on any atom is -0.258 e. The van der Waals surface area contributed by atoms with Gasteiger partial charge in [0.2, 0.25) is 0 Å². The molecule has 0 saturated heterocycles. The van der Waals surface area contributed by atoms with Gasteiger partial charge in [-0.15, -0.1) is 0 Å². The first-order chi connectivity index (χ1) is 4.70. The highest BCUT2D eigenvalue weighted by Crippen LogP contribution is 2.04. The third-order valence-corrected chi connectivity index (χ3v) is 0.978. The molecular formula is C5H5N3O2. The molecule has 1 aromatic heterocycles. The van der Waals surface area contributed by atoms with Gasteiger partial charge in [-0.05, 0) is 6.92 Å². The van der Waals surface area contributed by atoms with E-state index in [0.29, 0.717) is 5.82 Å². The van der Waals surface area contributed by atoms with Gasteiger partial charge in [0.1, 0.15) is 18.2 Å². The van der Waals surface area contributed by atoms with Crippen molar-refractivity contribution in [2.45, 2.75) is 6.92 Å². The van der Waals surface area contributed by atoms with Crippen LogP contribution in [0.4, 0.5) is 5.69 Å². The third-order valence-electron chi connectivity index (χ3n) is 0.978. The lowest BCUT2D eigenvalue weighted by Crippen LogP contribution is -1.92. The number of nitrogens with zero attached hydrogens (tertiary/aromatic N) is 3. The zero-order chi connectivity index (χ0) is 7.56. The molecule has 0 N–H and O–H groups in total. The Hall–Kier alpha value is -1.52. The summed E-state index contributed by atoms with van der Waals surface area (Å²) in [5.41, 5.74) is -0.0781. The average molecular weight is 139 g/mol. The van der Waals surface area contributed by atoms with Gasteiger partial charge in [0.15, 0.2) is 0 Å². The average Bonchev–Trinajstić information content (AvgIpc) is 1.88. The van der Waals surface area contributed by atoms with Crippen LogP contribution in [-0.2, 0) is 0 Å². The van der Waals surface area contributed by atoms with E-state index in [-0.39, 0.29) is 5.69 Å². The van der Waals surface area contributed by atoms with Gasteiger partial charge in [0.05, 0.1) is 4.92 Å². The quantitative estimate of drug-likeness (QED) is 0.424. The molecule has 0 aromatic carbocycles. The SMILES string of the molecule is Cc1ncc([N+](=O)[O-])cn1. The summed E-state index contributed by atoms with van der Waals surface area (Å²) in [7, 11) is 0. The van der Waals surface area contributed by atoms with Gasteiger partial charge >= 0.3 is 5.69 Å². The van der Waals surface area contributed by atoms with Crippen LogP contribution in [0.2, 0.25) is 0 Å². The first kappa shape index (κ1) is 6.60. The minimum absolute atomic E-state index is 0.0781. The predicted octanol–water partition coefficient (Wildman–Crippen LogP) is 0.693. The van der Waals surface area contributed by atoms with Crippen LogP contribution in [0, 0.1) is 17.0 Å². The summed E-state index contributed by atoms with van der Waals surface area (Å²) >= 11 is 0. The Morgan fingerprint density at radius 2 is 2.00 bits per heavy atom. The van der Waals surface area contributed by atoms with Crippen molar-refractivity contribution in [1.82, 2.24) is 9.97 Å². The summed E-state index contributed by atoms with van der Waals surface area (Å²) in [5.74, 6) is 0.533. The monoisotopic (exact) mass is 139 g/mol. The normalized spacial score (nSPS) is 9.30. The molecule has 0 fully saturated rings. The highest BCUT2D eigenvalue weighted by molar-refractivity contribution is 5.20. The van der Waals surface area contributed by atoms with Crippen LogP contribution >= 0.6 is 0 Å². The summed E-state index contributed by atoms with van der Waals surface area (Å²) in [6, 6.07) is 0. The summed E-state index contributed by atoms with van der Waals surface area (Å²) in [6.45, 7) is 1.67. The molecule has 1 rings (SSSR count). The minimum atomic E-state index is -0.528. The van der Waals surface area contributed by atoms with E-state index < -0.39 is 4.92 Å². The first-order valence-electron chi connectivity index (χ1n) is 2.63. The molecule has 10 heavy (non-hydrogen) atoms. The Morgan fingerprint density at radius 3 is 2.40 bits per heavy atom. The Bertz CT molecular complexity index is 244. The van der Waals surface area contributed by atoms with Crippen LogP contribution in [0.5, 0.6) is 0 Å². The van der Waals surface area contributed by atoms with Crippen LogP contribution in [0.25, 0.3) is 0 Å². The molecule has 0 aliphatic rings. The number of aromatic nitrogens is 2. The number of rotatable bonds is 1. The Balaban J connectivity index is 3.00. The highest BCUT2D eigenvalue weighted by Gasteiger charge is 2.03. The highest BCUT2D eigenvalue weighted by atomic mass is 16.6. The largest absolute Gasteiger partial charge is 0.305 e. The van der Waals surface area contributed by atoms with Gasteiger partial charge in [-0.25, -0.2) is 9.97 Å². The van der Waals surface area contributed by atoms with Gasteiger partial charge in [-0.1, -0.05) is 0 Å². The summed E-state index contributed by atoms with van der Waals surface area (Å²) in [5, 5.41) is 10.0. The van der Waals surface area contributed by atoms with Crippen LogP contribution in [0.1, 0.15) is 5.82 Å². The zero-order valence-electron chi connectivity index (χ0n) is 5.31. The molecule has 5 heteroatoms. The van der Waals surface area contributed by atoms with Crippen molar-refractivity contribution >= 4 is 5.69 Å². The van der Waals surface area contributed by atoms with Gasteiger partial charge in [-0.3, -0.25) is 10.1 Å². The number of hydrogen-bond acceptors (Lipinski definition) is 4. The second-order valence-electron chi connectivity index (χ2n) is 1.75. The molecule has 0 aliphatic carbocycles. The topological polar surface area (TPSA) is 68.9 Å². The van der Waals surface area contributed by atoms with Crippen LogP contribution in [0.3, 0.4) is 0 Å². The van der Waals surface area contributed by atoms with Crippen molar-refractivity contribution in [3.8, 4) is 0 Å². The lowest BCUT2D eigenvalue weighted by atomic mass is 10.5. The van der Waals surface area contributed by atoms with Gasteiger partial charge in [0, 0.05) is 0 Å². The molecule has 0 radical (unpaired) electrons. The van der Waals surface area contributed by atoms with E-state index in [1.807, 2.05) is 0 Å². The molecule has 0 bridgehead atoms. The predicted molar refractivity (Wildman–Crippen MR) is 33.4 cm³/mol. The van der Waals surface area contributed by atoms with E-state index in [1.165, 1.54) is 12.4 Å². The van der Waals surface area contributed by atoms with Crippen LogP contribution in [-0.4, -0.2) is 14.9 Å². The number of nitro groups is 1. The lowest BCUT2D eigenvalue weighted by Gasteiger charge is -1.88. The van der Waals surface area contributed by atoms with Gasteiger partial charge in [-0.2, -0.15) is 0 Å². The van der Waals surface area contributed by atoms with Crippen molar-refractivity contribution < 1.29 is 4.92 Å². The maximum Gasteiger partial charge on any atom is 0.305 e. The second kappa shape index (κ2) is 2.38. The summed E-state index contributed by atoms with van der Waals surface area (Å²) in [4.78, 5) is 16.8. The van der Waals surface area contributed by atoms with Crippen molar-refractivity contribution in [3.63, 3.8) is 0 Å². The molecule has 0 spiro atoms. The fourth-order valence-corrected chi connectivity index (χ4v) is 0.480. The fraction of sp³-hybridized carbons (Fsp3) is 0.200. The van der Waals surface area contributed by atoms with E-state index in [0.717, 1.165) is 0 Å². The van der Waals surface area contributed by atoms with Crippen molar-refractivity contribution in [3.05, 3.63) is 28.3 Å². The van der Waals surface area contributed by atoms with Gasteiger partial charge in [0.25, 0.3) is 0 Å². The number of hydrogen-bond donors (Lipinski definition) is 0. The maximum atomic E-state index is 10.0. The van der Waals surface area contributed by atoms with E-state index in [1.54, 1.807) is 6.92 Å². The second-order valence-corrected chi connectivity index (χ2v) is 1.75. The van der Waals surface area contributed by atoms with E-state index >= 15 is 0 Å². The molecule has 0 amide bonds. The summed E-state index contributed by atoms with van der Waals surface area (Å²) in [6.07, 6.45) is 2.37. The molecular weight excluding hydrogens is 134 g/mol. The fourth-order valence-electron chi connectivity index (χ4n) is 0.480. The maximum absolute atomic E-state index is 10.0. The van der Waals surface area contributed by atoms with E-state index in [2.05, 4.69) is 9.97 Å². The molecule has 1 aromatic rings. The Kier molecular flexibility index (Phi) is 1.57. The smallest absolute Gasteiger partial charge is 0.258 e. The van der Waals surface area contributed by atoms with E-state index in [4.69, 9.17) is 0 Å². The Labute approximate surface area is 56.9 Å². The molecule has 5 nitrogen and oxygen atoms in total. The van der Waals surface area contributed by atoms with Crippen LogP contribution in [0.15, 0.2) is 12.4 Å². The Morgan fingerprint density at radius 1 is 1.50 bits per heavy atom. The van der Waals surface area contributed by atoms with Crippen molar-refractivity contribution in [2.24, 2.45) is 0 Å². The molecule has 52 valence electrons. The third kappa shape index (κ3) is 1.25. The first-order valence-corrected chi connectivity index (χ1v) is 2.63. The molecule has 0 atom stereocenters. The van der Waals surface area contributed by atoms with Crippen molar-refractivity contribution in [2.75, 3.05) is 0 Å². The molecule has 0 saturated carbocycles. The summed E-state index contributed by atoms with van der Waals surface area (Å²) < 4.78 is 0. The van der Waals surface area contributed by atoms with Crippen LogP contribution < -0.4 is 0 Å². The zero-order valence-corrected chi connectivity index (χ0v) is 5.31. The van der Waals surface area contributed by atoms with Crippen molar-refractivity contribution in [1.29, 1.82) is 0 Å². The van der Waals surface area contributed by atoms with E-state index in [9.17, 15) is 10.1 Å². The molecule has 1 heterocycles. The number of aryl methyl sites for hydroxylation is 1. The van der Waals surface area contributed by atoms with Gasteiger partial charge < -0.3 is 0 Å². The molecule has 0 aliphatic heterocycles.